The molecule has 2 aliphatic heterocycles. The number of sulfonamides is 1. The van der Waals surface area contributed by atoms with Crippen molar-refractivity contribution >= 4 is 43.2 Å². The van der Waals surface area contributed by atoms with Crippen molar-refractivity contribution in [1.82, 2.24) is 19.9 Å². The predicted molar refractivity (Wildman–Crippen MR) is 162 cm³/mol. The van der Waals surface area contributed by atoms with Crippen molar-refractivity contribution < 1.29 is 23.0 Å². The number of thiophene rings is 1. The second-order valence-electron chi connectivity index (χ2n) is 11.7. The van der Waals surface area contributed by atoms with Gasteiger partial charge >= 0.3 is 0 Å². The molecule has 2 fully saturated rings. The number of morpholine rings is 1. The molecular formula is C28H40N6O5S2. The van der Waals surface area contributed by atoms with Crippen LogP contribution in [0.15, 0.2) is 17.6 Å². The van der Waals surface area contributed by atoms with Gasteiger partial charge in [-0.1, -0.05) is 0 Å². The molecule has 3 aromatic heterocycles. The molecule has 2 aliphatic rings. The Kier molecular flexibility index (Phi) is 8.72. The van der Waals surface area contributed by atoms with Gasteiger partial charge in [0, 0.05) is 37.0 Å². The van der Waals surface area contributed by atoms with E-state index in [0.29, 0.717) is 49.4 Å². The molecule has 41 heavy (non-hydrogen) atoms. The highest BCUT2D eigenvalue weighted by Gasteiger charge is 2.31. The molecule has 0 radical (unpaired) electrons. The number of hydrogen-bond acceptors (Lipinski definition) is 11. The van der Waals surface area contributed by atoms with E-state index < -0.39 is 15.6 Å². The normalized spacial score (nSPS) is 17.9. The molecule has 0 bridgehead atoms. The van der Waals surface area contributed by atoms with E-state index >= 15 is 0 Å². The third-order valence-corrected chi connectivity index (χ3v) is 9.13. The van der Waals surface area contributed by atoms with Gasteiger partial charge in [0.2, 0.25) is 21.9 Å². The second-order valence-corrected chi connectivity index (χ2v) is 14.4. The van der Waals surface area contributed by atoms with Crippen molar-refractivity contribution in [2.45, 2.75) is 58.8 Å². The number of fused-ring (bicyclic) bond motifs is 1. The third kappa shape index (κ3) is 7.26. The molecule has 3 aromatic rings. The molecule has 11 nitrogen and oxygen atoms in total. The molecule has 5 rings (SSSR count). The molecule has 2 saturated heterocycles. The zero-order valence-corrected chi connectivity index (χ0v) is 26.0. The highest BCUT2D eigenvalue weighted by molar-refractivity contribution is 7.92. The van der Waals surface area contributed by atoms with Crippen molar-refractivity contribution in [1.29, 1.82) is 0 Å². The summed E-state index contributed by atoms with van der Waals surface area (Å²) in [6.07, 6.45) is 4.51. The number of ether oxygens (including phenoxy) is 2. The van der Waals surface area contributed by atoms with Gasteiger partial charge < -0.3 is 19.5 Å². The first-order valence-corrected chi connectivity index (χ1v) is 16.8. The van der Waals surface area contributed by atoms with Crippen LogP contribution in [0.5, 0.6) is 5.88 Å². The zero-order chi connectivity index (χ0) is 29.4. The van der Waals surface area contributed by atoms with Crippen LogP contribution in [-0.4, -0.2) is 90.7 Å². The van der Waals surface area contributed by atoms with Crippen molar-refractivity contribution in [3.05, 3.63) is 23.2 Å². The number of piperidine rings is 1. The van der Waals surface area contributed by atoms with Crippen LogP contribution in [0.3, 0.4) is 0 Å². The van der Waals surface area contributed by atoms with Gasteiger partial charge in [0.1, 0.15) is 5.69 Å². The first-order chi connectivity index (χ1) is 19.4. The molecule has 0 saturated carbocycles. The fraction of sp³-hybridized carbons (Fsp3) is 0.607. The maximum atomic E-state index is 12.2. The maximum Gasteiger partial charge on any atom is 0.238 e. The summed E-state index contributed by atoms with van der Waals surface area (Å²) in [5, 5.41) is 12.6. The number of anilines is 2. The van der Waals surface area contributed by atoms with Gasteiger partial charge in [-0.15, -0.1) is 11.3 Å². The Labute approximate surface area is 246 Å². The minimum atomic E-state index is -3.57. The van der Waals surface area contributed by atoms with E-state index in [1.807, 2.05) is 27.7 Å². The van der Waals surface area contributed by atoms with Crippen molar-refractivity contribution in [3.63, 3.8) is 0 Å². The summed E-state index contributed by atoms with van der Waals surface area (Å²) in [4.78, 5) is 19.1. The van der Waals surface area contributed by atoms with Crippen LogP contribution in [0.4, 0.5) is 11.6 Å². The quantitative estimate of drug-likeness (QED) is 0.373. The smallest absolute Gasteiger partial charge is 0.238 e. The Morgan fingerprint density at radius 1 is 1.20 bits per heavy atom. The number of hydrogen-bond donors (Lipinski definition) is 2. The van der Waals surface area contributed by atoms with E-state index in [9.17, 15) is 13.5 Å². The standard InChI is InChI=1S/C28H40N6O5S2/c1-18(2)39-26-22(32-41(5,36)37)14-19(15-29-26)23-25-24(31-27(30-23)34-10-12-38-13-11-34)20(17-40-25)16-33-8-6-21(7-9-33)28(3,4)35/h14-15,17-18,21,32,35H,6-13,16H2,1-5H3. The number of nitrogens with zero attached hydrogens (tertiary/aromatic N) is 5. The van der Waals surface area contributed by atoms with Gasteiger partial charge in [-0.3, -0.25) is 9.62 Å². The number of aliphatic hydroxyl groups is 1. The minimum Gasteiger partial charge on any atom is -0.473 e. The molecule has 5 heterocycles. The second kappa shape index (κ2) is 12.0. The van der Waals surface area contributed by atoms with E-state index in [0.717, 1.165) is 54.5 Å². The average Bonchev–Trinajstić information content (AvgIpc) is 3.31. The molecule has 0 amide bonds. The van der Waals surface area contributed by atoms with Crippen LogP contribution in [0.2, 0.25) is 0 Å². The lowest BCUT2D eigenvalue weighted by atomic mass is 9.83. The highest BCUT2D eigenvalue weighted by Crippen LogP contribution is 2.38. The zero-order valence-electron chi connectivity index (χ0n) is 24.4. The fourth-order valence-corrected chi connectivity index (χ4v) is 6.93. The van der Waals surface area contributed by atoms with Crippen LogP contribution in [-0.2, 0) is 21.3 Å². The molecule has 0 spiro atoms. The summed E-state index contributed by atoms with van der Waals surface area (Å²) >= 11 is 1.59. The van der Waals surface area contributed by atoms with Crippen molar-refractivity contribution in [2.24, 2.45) is 5.92 Å². The summed E-state index contributed by atoms with van der Waals surface area (Å²) in [6, 6.07) is 1.73. The van der Waals surface area contributed by atoms with Crippen LogP contribution >= 0.6 is 11.3 Å². The van der Waals surface area contributed by atoms with Gasteiger partial charge in [0.15, 0.2) is 0 Å². The van der Waals surface area contributed by atoms with Crippen molar-refractivity contribution in [3.8, 4) is 17.1 Å². The SMILES string of the molecule is CC(C)Oc1ncc(-c2nc(N3CCOCC3)nc3c(CN4CCC(C(C)(C)O)CC4)csc23)cc1NS(C)(=O)=O. The van der Waals surface area contributed by atoms with E-state index in [2.05, 4.69) is 24.9 Å². The number of aromatic nitrogens is 3. The van der Waals surface area contributed by atoms with E-state index in [4.69, 9.17) is 19.4 Å². The van der Waals surface area contributed by atoms with E-state index in [1.54, 1.807) is 23.6 Å². The van der Waals surface area contributed by atoms with Crippen molar-refractivity contribution in [2.75, 3.05) is 55.3 Å². The van der Waals surface area contributed by atoms with Crippen LogP contribution < -0.4 is 14.4 Å². The van der Waals surface area contributed by atoms with Gasteiger partial charge in [0.05, 0.1) is 47.1 Å². The van der Waals surface area contributed by atoms with Crippen LogP contribution in [0, 0.1) is 5.92 Å². The first kappa shape index (κ1) is 29.9. The lowest BCUT2D eigenvalue weighted by Gasteiger charge is -2.37. The molecule has 0 aliphatic carbocycles. The molecule has 0 atom stereocenters. The monoisotopic (exact) mass is 604 g/mol. The number of likely N-dealkylation sites (tertiary alicyclic amines) is 1. The van der Waals surface area contributed by atoms with E-state index in [1.165, 1.54) is 0 Å². The summed E-state index contributed by atoms with van der Waals surface area (Å²) in [5.74, 6) is 1.13. The molecule has 0 unspecified atom stereocenters. The summed E-state index contributed by atoms with van der Waals surface area (Å²) < 4.78 is 39.2. The van der Waals surface area contributed by atoms with Gasteiger partial charge in [0.25, 0.3) is 0 Å². The number of nitrogens with one attached hydrogen (secondary N) is 1. The predicted octanol–water partition coefficient (Wildman–Crippen LogP) is 3.73. The van der Waals surface area contributed by atoms with Gasteiger partial charge in [-0.2, -0.15) is 0 Å². The molecule has 2 N–H and O–H groups in total. The highest BCUT2D eigenvalue weighted by atomic mass is 32.2. The Morgan fingerprint density at radius 3 is 2.54 bits per heavy atom. The lowest BCUT2D eigenvalue weighted by Crippen LogP contribution is -2.41. The first-order valence-electron chi connectivity index (χ1n) is 14.1. The Hall–Kier alpha value is -2.58. The maximum absolute atomic E-state index is 12.2. The minimum absolute atomic E-state index is 0.180. The summed E-state index contributed by atoms with van der Waals surface area (Å²) in [6.45, 7) is 12.7. The Bertz CT molecular complexity index is 1470. The van der Waals surface area contributed by atoms with E-state index in [-0.39, 0.29) is 17.7 Å². The number of pyridine rings is 1. The van der Waals surface area contributed by atoms with Gasteiger partial charge in [-0.05, 0) is 71.0 Å². The number of rotatable bonds is 9. The van der Waals surface area contributed by atoms with Crippen LogP contribution in [0.1, 0.15) is 46.1 Å². The molecule has 0 aromatic carbocycles. The Morgan fingerprint density at radius 2 is 1.90 bits per heavy atom. The molecule has 13 heteroatoms. The topological polar surface area (TPSA) is 130 Å². The molecule has 224 valence electrons. The summed E-state index contributed by atoms with van der Waals surface area (Å²) in [5.41, 5.74) is 3.01. The van der Waals surface area contributed by atoms with Crippen LogP contribution in [0.25, 0.3) is 21.5 Å². The fourth-order valence-electron chi connectivity index (χ4n) is 5.38. The average molecular weight is 605 g/mol. The lowest BCUT2D eigenvalue weighted by molar-refractivity contribution is -0.0135. The largest absolute Gasteiger partial charge is 0.473 e. The third-order valence-electron chi connectivity index (χ3n) is 7.52. The summed E-state index contributed by atoms with van der Waals surface area (Å²) in [7, 11) is -3.57. The Balaban J connectivity index is 1.54. The molecular weight excluding hydrogens is 564 g/mol. The van der Waals surface area contributed by atoms with Gasteiger partial charge in [-0.25, -0.2) is 23.4 Å².